The van der Waals surface area contributed by atoms with Gasteiger partial charge in [0.15, 0.2) is 5.82 Å². The van der Waals surface area contributed by atoms with Gasteiger partial charge in [0, 0.05) is 5.56 Å². The molecule has 1 aromatic carbocycles. The summed E-state index contributed by atoms with van der Waals surface area (Å²) in [5.41, 5.74) is -1.89. The number of methoxy groups -OCH3 is 3. The molecular weight excluding hydrogens is 288 g/mol. The third kappa shape index (κ3) is 2.71. The van der Waals surface area contributed by atoms with Crippen molar-refractivity contribution >= 4 is 5.97 Å². The summed E-state index contributed by atoms with van der Waals surface area (Å²) in [6, 6.07) is 9.71. The minimum atomic E-state index is -2.17. The fraction of sp³-hybridized carbons (Fsp3) is 0.267. The normalized spacial score (nSPS) is 13.1. The Hall–Kier alpha value is -2.67. The van der Waals surface area contributed by atoms with Gasteiger partial charge in [0.1, 0.15) is 0 Å². The first-order valence-electron chi connectivity index (χ1n) is 6.40. The van der Waals surface area contributed by atoms with Crippen molar-refractivity contribution in [3.63, 3.8) is 0 Å². The van der Waals surface area contributed by atoms with E-state index < -0.39 is 11.6 Å². The number of aliphatic hydroxyl groups is 1. The largest absolute Gasteiger partial charge is 0.481 e. The van der Waals surface area contributed by atoms with E-state index in [1.54, 1.807) is 30.3 Å². The molecule has 1 aromatic heterocycles. The Balaban J connectivity index is 2.67. The van der Waals surface area contributed by atoms with Gasteiger partial charge in [-0.3, -0.25) is 0 Å². The lowest BCUT2D eigenvalue weighted by Gasteiger charge is -2.24. The zero-order chi connectivity index (χ0) is 16.2. The predicted molar refractivity (Wildman–Crippen MR) is 76.6 cm³/mol. The number of ether oxygens (including phenoxy) is 3. The maximum Gasteiger partial charge on any atom is 0.350 e. The SMILES string of the molecule is COC(=O)C(O)(c1ccccc1)c1nc(OC)cc(OC)n1. The molecule has 1 atom stereocenters. The van der Waals surface area contributed by atoms with Crippen molar-refractivity contribution in [1.29, 1.82) is 0 Å². The van der Waals surface area contributed by atoms with E-state index in [1.165, 1.54) is 27.4 Å². The lowest BCUT2D eigenvalue weighted by Crippen LogP contribution is -2.39. The van der Waals surface area contributed by atoms with Crippen molar-refractivity contribution in [3.8, 4) is 11.8 Å². The van der Waals surface area contributed by atoms with E-state index in [0.717, 1.165) is 0 Å². The van der Waals surface area contributed by atoms with Crippen molar-refractivity contribution in [2.24, 2.45) is 0 Å². The second-order valence-electron chi connectivity index (χ2n) is 4.34. The summed E-state index contributed by atoms with van der Waals surface area (Å²) in [6.07, 6.45) is 0. The van der Waals surface area contributed by atoms with Gasteiger partial charge in [0.25, 0.3) is 0 Å². The zero-order valence-electron chi connectivity index (χ0n) is 12.4. The van der Waals surface area contributed by atoms with Gasteiger partial charge in [-0.2, -0.15) is 9.97 Å². The summed E-state index contributed by atoms with van der Waals surface area (Å²) in [6.45, 7) is 0. The Morgan fingerprint density at radius 2 is 1.59 bits per heavy atom. The standard InChI is InChI=1S/C15H16N2O5/c1-20-11-9-12(21-2)17-13(16-11)15(19,14(18)22-3)10-7-5-4-6-8-10/h4-9,19H,1-3H3. The number of benzene rings is 1. The predicted octanol–water partition coefficient (Wildman–Crippen LogP) is 0.903. The molecule has 22 heavy (non-hydrogen) atoms. The van der Waals surface area contributed by atoms with Gasteiger partial charge in [-0.05, 0) is 0 Å². The number of esters is 1. The van der Waals surface area contributed by atoms with E-state index in [0.29, 0.717) is 0 Å². The van der Waals surface area contributed by atoms with Crippen LogP contribution in [0.5, 0.6) is 11.8 Å². The van der Waals surface area contributed by atoms with Crippen molar-refractivity contribution in [2.45, 2.75) is 5.60 Å². The molecule has 0 aliphatic heterocycles. The van der Waals surface area contributed by atoms with Crippen LogP contribution in [-0.4, -0.2) is 42.4 Å². The molecule has 0 aliphatic carbocycles. The number of hydrogen-bond donors (Lipinski definition) is 1. The molecule has 7 nitrogen and oxygen atoms in total. The molecule has 2 rings (SSSR count). The molecule has 0 spiro atoms. The molecule has 7 heteroatoms. The van der Waals surface area contributed by atoms with E-state index in [2.05, 4.69) is 9.97 Å². The van der Waals surface area contributed by atoms with Gasteiger partial charge < -0.3 is 19.3 Å². The summed E-state index contributed by atoms with van der Waals surface area (Å²) in [5.74, 6) is -0.795. The van der Waals surface area contributed by atoms with Crippen molar-refractivity contribution < 1.29 is 24.1 Å². The molecule has 1 unspecified atom stereocenters. The Labute approximate surface area is 127 Å². The number of carbonyl (C=O) groups is 1. The zero-order valence-corrected chi connectivity index (χ0v) is 12.4. The molecule has 0 saturated carbocycles. The lowest BCUT2D eigenvalue weighted by atomic mass is 9.93. The van der Waals surface area contributed by atoms with Crippen LogP contribution in [0, 0.1) is 0 Å². The number of aromatic nitrogens is 2. The summed E-state index contributed by atoms with van der Waals surface area (Å²) in [4.78, 5) is 20.3. The second kappa shape index (κ2) is 6.40. The van der Waals surface area contributed by atoms with Crippen LogP contribution in [-0.2, 0) is 15.1 Å². The van der Waals surface area contributed by atoms with Crippen molar-refractivity contribution in [1.82, 2.24) is 9.97 Å². The summed E-state index contributed by atoms with van der Waals surface area (Å²) in [7, 11) is 3.99. The number of carbonyl (C=O) groups excluding carboxylic acids is 1. The minimum Gasteiger partial charge on any atom is -0.481 e. The molecule has 0 aliphatic rings. The van der Waals surface area contributed by atoms with Crippen molar-refractivity contribution in [3.05, 3.63) is 47.8 Å². The van der Waals surface area contributed by atoms with Gasteiger partial charge in [-0.1, -0.05) is 30.3 Å². The van der Waals surface area contributed by atoms with Crippen LogP contribution in [0.3, 0.4) is 0 Å². The maximum absolute atomic E-state index is 12.2. The van der Waals surface area contributed by atoms with Gasteiger partial charge >= 0.3 is 5.97 Å². The van der Waals surface area contributed by atoms with Gasteiger partial charge in [-0.15, -0.1) is 0 Å². The molecule has 0 bridgehead atoms. The molecule has 0 saturated heterocycles. The first-order valence-corrected chi connectivity index (χ1v) is 6.40. The van der Waals surface area contributed by atoms with Crippen LogP contribution in [0.1, 0.15) is 11.4 Å². The van der Waals surface area contributed by atoms with Crippen LogP contribution < -0.4 is 9.47 Å². The molecule has 1 heterocycles. The number of hydrogen-bond acceptors (Lipinski definition) is 7. The number of rotatable bonds is 5. The van der Waals surface area contributed by atoms with E-state index in [4.69, 9.17) is 14.2 Å². The van der Waals surface area contributed by atoms with Crippen LogP contribution in [0.25, 0.3) is 0 Å². The first kappa shape index (κ1) is 15.7. The average Bonchev–Trinajstić information content (AvgIpc) is 2.60. The highest BCUT2D eigenvalue weighted by Gasteiger charge is 2.45. The summed E-state index contributed by atoms with van der Waals surface area (Å²) >= 11 is 0. The maximum atomic E-state index is 12.2. The van der Waals surface area contributed by atoms with Crippen molar-refractivity contribution in [2.75, 3.05) is 21.3 Å². The fourth-order valence-electron chi connectivity index (χ4n) is 1.94. The smallest absolute Gasteiger partial charge is 0.350 e. The third-order valence-corrected chi connectivity index (χ3v) is 3.09. The van der Waals surface area contributed by atoms with Crippen LogP contribution in [0.4, 0.5) is 0 Å². The quantitative estimate of drug-likeness (QED) is 0.821. The van der Waals surface area contributed by atoms with E-state index in [1.807, 2.05) is 0 Å². The Bertz CT molecular complexity index is 640. The van der Waals surface area contributed by atoms with E-state index in [9.17, 15) is 9.90 Å². The monoisotopic (exact) mass is 304 g/mol. The topological polar surface area (TPSA) is 90.8 Å². The first-order chi connectivity index (χ1) is 10.6. The van der Waals surface area contributed by atoms with Crippen LogP contribution in [0.15, 0.2) is 36.4 Å². The van der Waals surface area contributed by atoms with Gasteiger partial charge in [-0.25, -0.2) is 4.79 Å². The van der Waals surface area contributed by atoms with Crippen LogP contribution in [0.2, 0.25) is 0 Å². The molecule has 0 fully saturated rings. The fourth-order valence-corrected chi connectivity index (χ4v) is 1.94. The lowest BCUT2D eigenvalue weighted by molar-refractivity contribution is -0.159. The second-order valence-corrected chi connectivity index (χ2v) is 4.34. The van der Waals surface area contributed by atoms with Gasteiger partial charge in [0.05, 0.1) is 27.4 Å². The van der Waals surface area contributed by atoms with E-state index in [-0.39, 0.29) is 23.1 Å². The third-order valence-electron chi connectivity index (χ3n) is 3.09. The molecule has 116 valence electrons. The highest BCUT2D eigenvalue weighted by molar-refractivity contribution is 5.84. The Morgan fingerprint density at radius 3 is 2.05 bits per heavy atom. The van der Waals surface area contributed by atoms with E-state index >= 15 is 0 Å². The summed E-state index contributed by atoms with van der Waals surface area (Å²) < 4.78 is 14.8. The van der Waals surface area contributed by atoms with Crippen LogP contribution >= 0.6 is 0 Å². The highest BCUT2D eigenvalue weighted by Crippen LogP contribution is 2.31. The molecule has 0 radical (unpaired) electrons. The summed E-state index contributed by atoms with van der Waals surface area (Å²) in [5, 5.41) is 11.0. The Kier molecular flexibility index (Phi) is 4.57. The number of nitrogens with zero attached hydrogens (tertiary/aromatic N) is 2. The molecule has 1 N–H and O–H groups in total. The minimum absolute atomic E-state index is 0.153. The average molecular weight is 304 g/mol. The highest BCUT2D eigenvalue weighted by atomic mass is 16.5. The van der Waals surface area contributed by atoms with Gasteiger partial charge in [0.2, 0.25) is 17.4 Å². The molecule has 0 amide bonds. The Morgan fingerprint density at radius 1 is 1.05 bits per heavy atom. The molecular formula is C15H16N2O5. The molecule has 2 aromatic rings.